The van der Waals surface area contributed by atoms with Gasteiger partial charge in [0.1, 0.15) is 5.75 Å². The summed E-state index contributed by atoms with van der Waals surface area (Å²) < 4.78 is 33.3. The number of para-hydroxylation sites is 1. The van der Waals surface area contributed by atoms with Gasteiger partial charge in [-0.05, 0) is 54.3 Å². The topological polar surface area (TPSA) is 84.5 Å². The Bertz CT molecular complexity index is 1140. The second kappa shape index (κ2) is 10.3. The van der Waals surface area contributed by atoms with Crippen LogP contribution in [0.3, 0.4) is 0 Å². The number of hydrogen-bond donors (Lipinski definition) is 2. The molecule has 0 saturated carbocycles. The maximum absolute atomic E-state index is 13.2. The van der Waals surface area contributed by atoms with E-state index in [9.17, 15) is 13.2 Å². The smallest absolute Gasteiger partial charge is 0.261 e. The Hall–Kier alpha value is -3.32. The summed E-state index contributed by atoms with van der Waals surface area (Å²) in [6, 6.07) is 22.0. The fourth-order valence-corrected chi connectivity index (χ4v) is 4.50. The van der Waals surface area contributed by atoms with Crippen molar-refractivity contribution < 1.29 is 17.9 Å². The maximum Gasteiger partial charge on any atom is 0.261 e. The highest BCUT2D eigenvalue weighted by atomic mass is 32.2. The molecule has 0 fully saturated rings. The Morgan fingerprint density at radius 2 is 1.53 bits per heavy atom. The Morgan fingerprint density at radius 3 is 2.16 bits per heavy atom. The molecule has 3 aromatic rings. The summed E-state index contributed by atoms with van der Waals surface area (Å²) in [5.74, 6) is 0.732. The first kappa shape index (κ1) is 23.3. The van der Waals surface area contributed by atoms with Gasteiger partial charge >= 0.3 is 0 Å². The molecule has 1 amide bonds. The number of methoxy groups -OCH3 is 1. The van der Waals surface area contributed by atoms with E-state index in [0.717, 1.165) is 17.7 Å². The Labute approximate surface area is 189 Å². The summed E-state index contributed by atoms with van der Waals surface area (Å²) >= 11 is 0. The molecule has 0 heterocycles. The van der Waals surface area contributed by atoms with Crippen molar-refractivity contribution in [1.82, 2.24) is 5.32 Å². The van der Waals surface area contributed by atoms with E-state index in [0.29, 0.717) is 5.92 Å². The van der Waals surface area contributed by atoms with Crippen LogP contribution in [0.4, 0.5) is 5.69 Å². The van der Waals surface area contributed by atoms with Crippen molar-refractivity contribution in [2.24, 2.45) is 5.92 Å². The van der Waals surface area contributed by atoms with Gasteiger partial charge in [0.2, 0.25) is 0 Å². The zero-order valence-corrected chi connectivity index (χ0v) is 19.2. The molecule has 0 saturated heterocycles. The Morgan fingerprint density at radius 1 is 0.906 bits per heavy atom. The molecule has 3 rings (SSSR count). The average Bonchev–Trinajstić information content (AvgIpc) is 2.79. The van der Waals surface area contributed by atoms with Crippen LogP contribution in [-0.4, -0.2) is 21.4 Å². The Balaban J connectivity index is 1.86. The number of amides is 1. The fraction of sp³-hybridized carbons (Fsp3) is 0.240. The molecule has 168 valence electrons. The molecule has 0 radical (unpaired) electrons. The zero-order valence-electron chi connectivity index (χ0n) is 18.4. The second-order valence-electron chi connectivity index (χ2n) is 7.89. The van der Waals surface area contributed by atoms with Crippen LogP contribution in [0.15, 0.2) is 83.8 Å². The largest absolute Gasteiger partial charge is 0.497 e. The van der Waals surface area contributed by atoms with Crippen LogP contribution in [0.5, 0.6) is 5.75 Å². The Kier molecular flexibility index (Phi) is 7.53. The molecule has 0 aliphatic carbocycles. The minimum atomic E-state index is -3.82. The predicted molar refractivity (Wildman–Crippen MR) is 126 cm³/mol. The van der Waals surface area contributed by atoms with E-state index in [-0.39, 0.29) is 28.1 Å². The van der Waals surface area contributed by atoms with Crippen LogP contribution in [0.25, 0.3) is 0 Å². The molecule has 1 unspecified atom stereocenters. The summed E-state index contributed by atoms with van der Waals surface area (Å²) in [6.45, 7) is 4.18. The van der Waals surface area contributed by atoms with Crippen molar-refractivity contribution in [2.45, 2.75) is 31.2 Å². The standard InChI is InChI=1S/C25H28N2O4S/c1-18(2)17-24(19-13-15-20(31-3)16-14-19)26-25(28)22-11-7-8-12-23(22)27-32(29,30)21-9-5-4-6-10-21/h4-16,18,24,27H,17H2,1-3H3,(H,26,28). The van der Waals surface area contributed by atoms with Gasteiger partial charge in [-0.15, -0.1) is 0 Å². The first-order chi connectivity index (χ1) is 15.3. The van der Waals surface area contributed by atoms with Crippen LogP contribution in [0.2, 0.25) is 0 Å². The normalized spacial score (nSPS) is 12.2. The highest BCUT2D eigenvalue weighted by Gasteiger charge is 2.21. The van der Waals surface area contributed by atoms with Crippen molar-refractivity contribution in [2.75, 3.05) is 11.8 Å². The van der Waals surface area contributed by atoms with Crippen molar-refractivity contribution in [3.05, 3.63) is 90.0 Å². The van der Waals surface area contributed by atoms with E-state index < -0.39 is 10.0 Å². The van der Waals surface area contributed by atoms with Crippen molar-refractivity contribution in [3.63, 3.8) is 0 Å². The molecule has 7 heteroatoms. The SMILES string of the molecule is COc1ccc(C(CC(C)C)NC(=O)c2ccccc2NS(=O)(=O)c2ccccc2)cc1. The molecular weight excluding hydrogens is 424 g/mol. The van der Waals surface area contributed by atoms with Gasteiger partial charge in [0, 0.05) is 0 Å². The van der Waals surface area contributed by atoms with E-state index in [1.54, 1.807) is 49.6 Å². The van der Waals surface area contributed by atoms with E-state index >= 15 is 0 Å². The second-order valence-corrected chi connectivity index (χ2v) is 9.58. The molecule has 0 aromatic heterocycles. The number of anilines is 1. The zero-order chi connectivity index (χ0) is 23.1. The molecule has 1 atom stereocenters. The highest BCUT2D eigenvalue weighted by molar-refractivity contribution is 7.92. The van der Waals surface area contributed by atoms with E-state index in [1.807, 2.05) is 24.3 Å². The quantitative estimate of drug-likeness (QED) is 0.478. The molecule has 0 aliphatic rings. The van der Waals surface area contributed by atoms with Crippen LogP contribution in [-0.2, 0) is 10.0 Å². The minimum absolute atomic E-state index is 0.131. The molecule has 0 bridgehead atoms. The highest BCUT2D eigenvalue weighted by Crippen LogP contribution is 2.26. The monoisotopic (exact) mass is 452 g/mol. The van der Waals surface area contributed by atoms with Gasteiger partial charge < -0.3 is 10.1 Å². The third-order valence-corrected chi connectivity index (χ3v) is 6.38. The lowest BCUT2D eigenvalue weighted by Gasteiger charge is -2.22. The molecular formula is C25H28N2O4S. The lowest BCUT2D eigenvalue weighted by Crippen LogP contribution is -2.30. The average molecular weight is 453 g/mol. The summed E-state index contributed by atoms with van der Waals surface area (Å²) in [7, 11) is -2.21. The number of ether oxygens (including phenoxy) is 1. The summed E-state index contributed by atoms with van der Waals surface area (Å²) in [6.07, 6.45) is 0.732. The van der Waals surface area contributed by atoms with Gasteiger partial charge in [-0.25, -0.2) is 8.42 Å². The molecule has 0 spiro atoms. The lowest BCUT2D eigenvalue weighted by atomic mass is 9.96. The summed E-state index contributed by atoms with van der Waals surface area (Å²) in [4.78, 5) is 13.3. The van der Waals surface area contributed by atoms with Gasteiger partial charge in [0.05, 0.1) is 29.3 Å². The number of nitrogens with one attached hydrogen (secondary N) is 2. The number of hydrogen-bond acceptors (Lipinski definition) is 4. The number of carbonyl (C=O) groups excluding carboxylic acids is 1. The molecule has 6 nitrogen and oxygen atoms in total. The molecule has 32 heavy (non-hydrogen) atoms. The van der Waals surface area contributed by atoms with Gasteiger partial charge in [0.25, 0.3) is 15.9 Å². The van der Waals surface area contributed by atoms with Crippen LogP contribution >= 0.6 is 0 Å². The third-order valence-electron chi connectivity index (χ3n) is 5.00. The molecule has 3 aromatic carbocycles. The van der Waals surface area contributed by atoms with E-state index in [4.69, 9.17) is 4.74 Å². The van der Waals surface area contributed by atoms with Crippen molar-refractivity contribution >= 4 is 21.6 Å². The third kappa shape index (κ3) is 5.88. The van der Waals surface area contributed by atoms with Crippen LogP contribution < -0.4 is 14.8 Å². The lowest BCUT2D eigenvalue weighted by molar-refractivity contribution is 0.0933. The summed E-state index contributed by atoms with van der Waals surface area (Å²) in [5.41, 5.74) is 1.44. The van der Waals surface area contributed by atoms with Gasteiger partial charge in [-0.1, -0.05) is 56.3 Å². The first-order valence-electron chi connectivity index (χ1n) is 10.4. The number of benzene rings is 3. The van der Waals surface area contributed by atoms with Crippen molar-refractivity contribution in [1.29, 1.82) is 0 Å². The van der Waals surface area contributed by atoms with Crippen LogP contribution in [0.1, 0.15) is 42.2 Å². The van der Waals surface area contributed by atoms with E-state index in [1.165, 1.54) is 12.1 Å². The predicted octanol–water partition coefficient (Wildman–Crippen LogP) is 5.01. The summed E-state index contributed by atoms with van der Waals surface area (Å²) in [5, 5.41) is 3.07. The number of rotatable bonds is 9. The number of carbonyl (C=O) groups is 1. The number of sulfonamides is 1. The van der Waals surface area contributed by atoms with Gasteiger partial charge in [-0.2, -0.15) is 0 Å². The van der Waals surface area contributed by atoms with E-state index in [2.05, 4.69) is 23.9 Å². The first-order valence-corrected chi connectivity index (χ1v) is 11.9. The van der Waals surface area contributed by atoms with Crippen LogP contribution in [0, 0.1) is 5.92 Å². The van der Waals surface area contributed by atoms with Gasteiger partial charge in [-0.3, -0.25) is 9.52 Å². The molecule has 0 aliphatic heterocycles. The minimum Gasteiger partial charge on any atom is -0.497 e. The molecule has 2 N–H and O–H groups in total. The van der Waals surface area contributed by atoms with Crippen molar-refractivity contribution in [3.8, 4) is 5.75 Å². The van der Waals surface area contributed by atoms with Gasteiger partial charge in [0.15, 0.2) is 0 Å². The fourth-order valence-electron chi connectivity index (χ4n) is 3.40. The maximum atomic E-state index is 13.2.